The number of thioether (sulfide) groups is 1. The Balaban J connectivity index is 1.34. The van der Waals surface area contributed by atoms with E-state index in [0.29, 0.717) is 18.7 Å². The van der Waals surface area contributed by atoms with Crippen LogP contribution in [-0.2, 0) is 6.54 Å². The van der Waals surface area contributed by atoms with Gasteiger partial charge < -0.3 is 15.3 Å². The molecule has 0 saturated carbocycles. The van der Waals surface area contributed by atoms with Gasteiger partial charge in [0.25, 0.3) is 5.91 Å². The van der Waals surface area contributed by atoms with Crippen molar-refractivity contribution in [3.8, 4) is 11.4 Å². The van der Waals surface area contributed by atoms with E-state index in [4.69, 9.17) is 9.97 Å². The molecule has 1 unspecified atom stereocenters. The standard InChI is InChI=1S/C28H29N5O2S/c1-18-7-8-19(13-25(18)36-3)27(34)30-16-21-14-24-20(15-29-21)9-10-23(31-24)22-5-4-6-26(32-22)33-12-11-28(2,35)17-33/h4-10,13-15,35H,11-12,16-17H2,1-3H3,(H,30,34). The first-order valence-corrected chi connectivity index (χ1v) is 13.2. The largest absolute Gasteiger partial charge is 0.388 e. The molecule has 7 nitrogen and oxygen atoms in total. The first kappa shape index (κ1) is 24.2. The van der Waals surface area contributed by atoms with E-state index in [1.807, 2.05) is 74.7 Å². The van der Waals surface area contributed by atoms with Gasteiger partial charge in [-0.2, -0.15) is 0 Å². The Bertz CT molecular complexity index is 1440. The second-order valence-electron chi connectivity index (χ2n) is 9.48. The maximum Gasteiger partial charge on any atom is 0.251 e. The molecule has 4 aromatic rings. The molecule has 1 aliphatic rings. The van der Waals surface area contributed by atoms with Crippen LogP contribution < -0.4 is 10.2 Å². The van der Waals surface area contributed by atoms with Crippen LogP contribution in [0.15, 0.2) is 65.7 Å². The van der Waals surface area contributed by atoms with Gasteiger partial charge in [0.2, 0.25) is 0 Å². The van der Waals surface area contributed by atoms with Crippen molar-refractivity contribution in [3.05, 3.63) is 77.6 Å². The van der Waals surface area contributed by atoms with E-state index in [1.165, 1.54) is 0 Å². The van der Waals surface area contributed by atoms with Crippen molar-refractivity contribution in [1.29, 1.82) is 0 Å². The minimum Gasteiger partial charge on any atom is -0.388 e. The number of rotatable bonds is 6. The zero-order valence-electron chi connectivity index (χ0n) is 20.7. The van der Waals surface area contributed by atoms with Gasteiger partial charge in [-0.1, -0.05) is 12.1 Å². The first-order valence-electron chi connectivity index (χ1n) is 11.9. The lowest BCUT2D eigenvalue weighted by molar-refractivity contribution is 0.0838. The molecule has 1 fully saturated rings. The Hall–Kier alpha value is -3.49. The third kappa shape index (κ3) is 5.20. The molecule has 5 rings (SSSR count). The van der Waals surface area contributed by atoms with E-state index >= 15 is 0 Å². The van der Waals surface area contributed by atoms with Crippen LogP contribution in [0.1, 0.15) is 35.0 Å². The highest BCUT2D eigenvalue weighted by molar-refractivity contribution is 7.98. The molecule has 36 heavy (non-hydrogen) atoms. The summed E-state index contributed by atoms with van der Waals surface area (Å²) in [4.78, 5) is 30.0. The molecule has 0 radical (unpaired) electrons. The summed E-state index contributed by atoms with van der Waals surface area (Å²) >= 11 is 1.63. The molecule has 8 heteroatoms. The lowest BCUT2D eigenvalue weighted by Crippen LogP contribution is -2.30. The molecule has 3 aromatic heterocycles. The molecule has 184 valence electrons. The second-order valence-corrected chi connectivity index (χ2v) is 10.3. The highest BCUT2D eigenvalue weighted by Crippen LogP contribution is 2.27. The van der Waals surface area contributed by atoms with Gasteiger partial charge in [0, 0.05) is 35.1 Å². The number of fused-ring (bicyclic) bond motifs is 1. The lowest BCUT2D eigenvalue weighted by atomic mass is 10.1. The average molecular weight is 500 g/mol. The van der Waals surface area contributed by atoms with Gasteiger partial charge in [-0.3, -0.25) is 9.78 Å². The molecule has 1 aromatic carbocycles. The maximum atomic E-state index is 12.7. The number of pyridine rings is 3. The second kappa shape index (κ2) is 9.87. The molecule has 1 atom stereocenters. The highest BCUT2D eigenvalue weighted by atomic mass is 32.2. The van der Waals surface area contributed by atoms with E-state index in [9.17, 15) is 9.90 Å². The van der Waals surface area contributed by atoms with Gasteiger partial charge in [0.15, 0.2) is 0 Å². The summed E-state index contributed by atoms with van der Waals surface area (Å²) in [6.45, 7) is 5.55. The number of nitrogens with one attached hydrogen (secondary N) is 1. The van der Waals surface area contributed by atoms with Gasteiger partial charge in [-0.15, -0.1) is 11.8 Å². The minimum absolute atomic E-state index is 0.129. The van der Waals surface area contributed by atoms with E-state index in [2.05, 4.69) is 15.2 Å². The molecular formula is C28H29N5O2S. The quantitative estimate of drug-likeness (QED) is 0.374. The summed E-state index contributed by atoms with van der Waals surface area (Å²) in [6.07, 6.45) is 4.51. The number of aromatic nitrogens is 3. The van der Waals surface area contributed by atoms with Crippen molar-refractivity contribution < 1.29 is 9.90 Å². The number of hydrogen-bond donors (Lipinski definition) is 2. The van der Waals surface area contributed by atoms with Crippen molar-refractivity contribution >= 4 is 34.4 Å². The molecule has 1 amide bonds. The topological polar surface area (TPSA) is 91.2 Å². The van der Waals surface area contributed by atoms with Crippen LogP contribution in [0, 0.1) is 6.92 Å². The summed E-state index contributed by atoms with van der Waals surface area (Å²) in [5.41, 5.74) is 4.18. The molecule has 0 bridgehead atoms. The third-order valence-electron chi connectivity index (χ3n) is 6.50. The number of carbonyl (C=O) groups is 1. The Morgan fingerprint density at radius 2 is 1.97 bits per heavy atom. The maximum absolute atomic E-state index is 12.7. The SMILES string of the molecule is CSc1cc(C(=O)NCc2cc3nc(-c4cccc(N5CCC(C)(O)C5)n4)ccc3cn2)ccc1C. The lowest BCUT2D eigenvalue weighted by Gasteiger charge is -2.20. The number of amides is 1. The molecule has 4 heterocycles. The van der Waals surface area contributed by atoms with Crippen molar-refractivity contribution in [2.45, 2.75) is 37.3 Å². The number of anilines is 1. The zero-order chi connectivity index (χ0) is 25.3. The van der Waals surface area contributed by atoms with Crippen molar-refractivity contribution in [1.82, 2.24) is 20.3 Å². The van der Waals surface area contributed by atoms with Crippen molar-refractivity contribution in [3.63, 3.8) is 0 Å². The van der Waals surface area contributed by atoms with Crippen LogP contribution in [-0.4, -0.2) is 50.9 Å². The summed E-state index contributed by atoms with van der Waals surface area (Å²) in [6, 6.07) is 17.4. The van der Waals surface area contributed by atoms with Crippen LogP contribution in [0.4, 0.5) is 5.82 Å². The van der Waals surface area contributed by atoms with Crippen molar-refractivity contribution in [2.75, 3.05) is 24.2 Å². The number of nitrogens with zero attached hydrogens (tertiary/aromatic N) is 4. The summed E-state index contributed by atoms with van der Waals surface area (Å²) < 4.78 is 0. The summed E-state index contributed by atoms with van der Waals surface area (Å²) in [5, 5.41) is 14.2. The number of aryl methyl sites for hydroxylation is 1. The Morgan fingerprint density at radius 1 is 1.14 bits per heavy atom. The highest BCUT2D eigenvalue weighted by Gasteiger charge is 2.32. The predicted octanol–water partition coefficient (Wildman–Crippen LogP) is 4.61. The number of benzene rings is 1. The number of β-amino-alcohol motifs (C(OH)–C–C–N with tert-alkyl or cyclic N) is 1. The fraction of sp³-hybridized carbons (Fsp3) is 0.286. The van der Waals surface area contributed by atoms with Crippen LogP contribution in [0.2, 0.25) is 0 Å². The van der Waals surface area contributed by atoms with Gasteiger partial charge in [-0.25, -0.2) is 9.97 Å². The first-order chi connectivity index (χ1) is 17.3. The Kier molecular flexibility index (Phi) is 6.64. The van der Waals surface area contributed by atoms with Crippen LogP contribution >= 0.6 is 11.8 Å². The van der Waals surface area contributed by atoms with Crippen LogP contribution in [0.3, 0.4) is 0 Å². The fourth-order valence-corrected chi connectivity index (χ4v) is 5.05. The monoisotopic (exact) mass is 499 g/mol. The average Bonchev–Trinajstić information content (AvgIpc) is 3.26. The normalized spacial score (nSPS) is 17.5. The summed E-state index contributed by atoms with van der Waals surface area (Å²) in [7, 11) is 0. The molecule has 1 saturated heterocycles. The van der Waals surface area contributed by atoms with Crippen molar-refractivity contribution in [2.24, 2.45) is 0 Å². The van der Waals surface area contributed by atoms with Gasteiger partial charge in [-0.05, 0) is 74.6 Å². The van der Waals surface area contributed by atoms with Gasteiger partial charge in [0.05, 0.1) is 34.7 Å². The predicted molar refractivity (Wildman–Crippen MR) is 144 cm³/mol. The minimum atomic E-state index is -0.686. The Morgan fingerprint density at radius 3 is 2.75 bits per heavy atom. The van der Waals surface area contributed by atoms with Gasteiger partial charge >= 0.3 is 0 Å². The van der Waals surface area contributed by atoms with Gasteiger partial charge in [0.1, 0.15) is 5.82 Å². The van der Waals surface area contributed by atoms with E-state index in [0.717, 1.165) is 57.2 Å². The molecule has 0 aliphatic carbocycles. The number of carbonyl (C=O) groups excluding carboxylic acids is 1. The fourth-order valence-electron chi connectivity index (χ4n) is 4.41. The third-order valence-corrected chi connectivity index (χ3v) is 7.38. The summed E-state index contributed by atoms with van der Waals surface area (Å²) in [5.74, 6) is 0.710. The van der Waals surface area contributed by atoms with E-state index in [1.54, 1.807) is 18.0 Å². The molecule has 2 N–H and O–H groups in total. The molecule has 1 aliphatic heterocycles. The van der Waals surface area contributed by atoms with E-state index in [-0.39, 0.29) is 5.91 Å². The zero-order valence-corrected chi connectivity index (χ0v) is 21.5. The van der Waals surface area contributed by atoms with Crippen LogP contribution in [0.5, 0.6) is 0 Å². The van der Waals surface area contributed by atoms with E-state index < -0.39 is 5.60 Å². The number of aliphatic hydroxyl groups is 1. The molecule has 0 spiro atoms. The Labute approximate surface area is 215 Å². The molecular weight excluding hydrogens is 470 g/mol. The smallest absolute Gasteiger partial charge is 0.251 e. The number of hydrogen-bond acceptors (Lipinski definition) is 7. The van der Waals surface area contributed by atoms with Crippen LogP contribution in [0.25, 0.3) is 22.3 Å².